The molecule has 0 fully saturated rings. The molecule has 4 aromatic rings. The molecule has 0 spiro atoms. The molecule has 0 radical (unpaired) electrons. The molecule has 0 saturated heterocycles. The van der Waals surface area contributed by atoms with Gasteiger partial charge in [-0.15, -0.1) is 0 Å². The summed E-state index contributed by atoms with van der Waals surface area (Å²) in [6, 6.07) is 29.2. The summed E-state index contributed by atoms with van der Waals surface area (Å²) in [6.45, 7) is 8.11. The molecular weight excluding hydrogens is 516 g/mol. The Labute approximate surface area is 244 Å². The lowest BCUT2D eigenvalue weighted by atomic mass is 10.1. The summed E-state index contributed by atoms with van der Waals surface area (Å²) in [5.41, 5.74) is 6.08. The quantitative estimate of drug-likeness (QED) is 0.146. The van der Waals surface area contributed by atoms with Gasteiger partial charge >= 0.3 is 0 Å². The van der Waals surface area contributed by atoms with Gasteiger partial charge in [0.05, 0.1) is 11.4 Å². The van der Waals surface area contributed by atoms with Crippen LogP contribution in [0, 0.1) is 0 Å². The van der Waals surface area contributed by atoms with E-state index in [0.29, 0.717) is 0 Å². The van der Waals surface area contributed by atoms with E-state index >= 15 is 0 Å². The van der Waals surface area contributed by atoms with Gasteiger partial charge in [0.1, 0.15) is 0 Å². The molecule has 4 rings (SSSR count). The third kappa shape index (κ3) is 11.5. The van der Waals surface area contributed by atoms with Crippen LogP contribution in [0.15, 0.2) is 97.3 Å². The Morgan fingerprint density at radius 3 is 1.82 bits per heavy atom. The van der Waals surface area contributed by atoms with E-state index in [1.165, 1.54) is 16.7 Å². The molecule has 2 aromatic carbocycles. The van der Waals surface area contributed by atoms with E-state index in [4.69, 9.17) is 11.6 Å². The summed E-state index contributed by atoms with van der Waals surface area (Å²) in [6.07, 6.45) is 5.82. The molecule has 0 saturated carbocycles. The first-order valence-corrected chi connectivity index (χ1v) is 14.6. The smallest absolute Gasteiger partial charge is 0.0541 e. The molecule has 2 heterocycles. The Morgan fingerprint density at radius 2 is 1.23 bits per heavy atom. The van der Waals surface area contributed by atoms with Gasteiger partial charge in [0.15, 0.2) is 0 Å². The van der Waals surface area contributed by atoms with E-state index in [1.54, 1.807) is 0 Å². The minimum Gasteiger partial charge on any atom is -0.313 e. The number of hydrogen-bond donors (Lipinski definition) is 3. The van der Waals surface area contributed by atoms with E-state index in [9.17, 15) is 0 Å². The molecule has 0 aliphatic heterocycles. The van der Waals surface area contributed by atoms with Crippen molar-refractivity contribution >= 4 is 11.6 Å². The highest BCUT2D eigenvalue weighted by molar-refractivity contribution is 6.30. The van der Waals surface area contributed by atoms with Gasteiger partial charge in [-0.3, -0.25) is 14.9 Å². The highest BCUT2D eigenvalue weighted by atomic mass is 35.5. The molecule has 6 nitrogen and oxygen atoms in total. The van der Waals surface area contributed by atoms with E-state index in [-0.39, 0.29) is 0 Å². The van der Waals surface area contributed by atoms with Crippen molar-refractivity contribution in [3.8, 4) is 0 Å². The van der Waals surface area contributed by atoms with Gasteiger partial charge in [-0.2, -0.15) is 0 Å². The maximum absolute atomic E-state index is 6.09. The lowest BCUT2D eigenvalue weighted by molar-refractivity contribution is 0.263. The van der Waals surface area contributed by atoms with Crippen LogP contribution in [-0.4, -0.2) is 47.6 Å². The number of nitrogens with zero attached hydrogens (tertiary/aromatic N) is 3. The zero-order valence-corrected chi connectivity index (χ0v) is 24.0. The summed E-state index contributed by atoms with van der Waals surface area (Å²) in [5.74, 6) is 0. The fraction of sp³-hybridized carbons (Fsp3) is 0.333. The van der Waals surface area contributed by atoms with Gasteiger partial charge in [0, 0.05) is 69.8 Å². The van der Waals surface area contributed by atoms with Crippen molar-refractivity contribution in [1.82, 2.24) is 30.8 Å². The number of hydrogen-bond acceptors (Lipinski definition) is 6. The Morgan fingerprint density at radius 1 is 0.600 bits per heavy atom. The molecule has 3 N–H and O–H groups in total. The van der Waals surface area contributed by atoms with Crippen molar-refractivity contribution in [2.75, 3.05) is 32.7 Å². The summed E-state index contributed by atoms with van der Waals surface area (Å²) in [7, 11) is 0. The predicted molar refractivity (Wildman–Crippen MR) is 165 cm³/mol. The van der Waals surface area contributed by atoms with Crippen LogP contribution >= 0.6 is 11.6 Å². The second kappa shape index (κ2) is 17.5. The number of halogens is 1. The maximum Gasteiger partial charge on any atom is 0.0541 e. The first-order chi connectivity index (χ1) is 19.7. The van der Waals surface area contributed by atoms with Gasteiger partial charge in [0.2, 0.25) is 0 Å². The molecular formula is C33H41ClN6. The number of nitrogens with one attached hydrogen (secondary N) is 3. The average Bonchev–Trinajstić information content (AvgIpc) is 2.99. The minimum absolute atomic E-state index is 0.785. The summed E-state index contributed by atoms with van der Waals surface area (Å²) in [5, 5.41) is 11.5. The van der Waals surface area contributed by atoms with Crippen LogP contribution in [0.5, 0.6) is 0 Å². The lowest BCUT2D eigenvalue weighted by Crippen LogP contribution is -2.36. The zero-order valence-electron chi connectivity index (χ0n) is 23.2. The fourth-order valence-corrected chi connectivity index (χ4v) is 4.76. The molecule has 0 aliphatic rings. The molecule has 40 heavy (non-hydrogen) atoms. The van der Waals surface area contributed by atoms with E-state index in [0.717, 1.165) is 88.2 Å². The van der Waals surface area contributed by atoms with Gasteiger partial charge in [-0.1, -0.05) is 60.1 Å². The summed E-state index contributed by atoms with van der Waals surface area (Å²) >= 11 is 6.09. The Kier molecular flexibility index (Phi) is 13.1. The van der Waals surface area contributed by atoms with Crippen molar-refractivity contribution in [2.45, 2.75) is 39.0 Å². The Balaban J connectivity index is 1.19. The fourth-order valence-electron chi connectivity index (χ4n) is 4.55. The number of rotatable bonds is 18. The van der Waals surface area contributed by atoms with Crippen LogP contribution in [-0.2, 0) is 32.6 Å². The van der Waals surface area contributed by atoms with Gasteiger partial charge < -0.3 is 16.0 Å². The van der Waals surface area contributed by atoms with Crippen LogP contribution in [0.4, 0.5) is 0 Å². The lowest BCUT2D eigenvalue weighted by Gasteiger charge is -2.23. The Hall–Kier alpha value is -3.13. The highest BCUT2D eigenvalue weighted by Crippen LogP contribution is 2.12. The first-order valence-electron chi connectivity index (χ1n) is 14.2. The number of aromatic nitrogens is 2. The second-order valence-corrected chi connectivity index (χ2v) is 10.4. The van der Waals surface area contributed by atoms with Crippen molar-refractivity contribution in [2.24, 2.45) is 0 Å². The summed E-state index contributed by atoms with van der Waals surface area (Å²) < 4.78 is 0. The molecule has 0 unspecified atom stereocenters. The van der Waals surface area contributed by atoms with Crippen molar-refractivity contribution in [3.63, 3.8) is 0 Å². The van der Waals surface area contributed by atoms with Crippen LogP contribution < -0.4 is 16.0 Å². The van der Waals surface area contributed by atoms with E-state index in [2.05, 4.69) is 79.3 Å². The van der Waals surface area contributed by atoms with Gasteiger partial charge in [-0.05, 0) is 72.5 Å². The topological polar surface area (TPSA) is 65.1 Å². The average molecular weight is 557 g/mol. The Bertz CT molecular complexity index is 1170. The number of benzene rings is 2. The molecule has 0 aliphatic carbocycles. The number of aryl methyl sites for hydroxylation is 1. The molecule has 0 atom stereocenters. The molecule has 210 valence electrons. The largest absolute Gasteiger partial charge is 0.313 e. The van der Waals surface area contributed by atoms with Crippen molar-refractivity contribution in [3.05, 3.63) is 130 Å². The normalized spacial score (nSPS) is 11.2. The molecule has 2 aromatic heterocycles. The molecule has 0 bridgehead atoms. The van der Waals surface area contributed by atoms with Crippen LogP contribution in [0.1, 0.15) is 34.5 Å². The standard InChI is InChI=1S/C33H41ClN6/c34-31-9-5-7-28(23-31)8-6-16-35-24-29-12-14-30(15-13-29)27-40(21-19-36-25-32-10-1-3-17-38-32)22-20-37-26-33-11-2-4-18-39-33/h1-5,7,9-15,17-18,23,35-37H,6,8,16,19-22,24-27H2. The zero-order chi connectivity index (χ0) is 27.7. The monoisotopic (exact) mass is 556 g/mol. The van der Waals surface area contributed by atoms with E-state index in [1.807, 2.05) is 48.8 Å². The number of pyridine rings is 2. The SMILES string of the molecule is Clc1cccc(CCCNCc2ccc(CN(CCNCc3ccccn3)CCNCc3ccccn3)cc2)c1. The third-order valence-electron chi connectivity index (χ3n) is 6.74. The second-order valence-electron chi connectivity index (χ2n) is 10.00. The van der Waals surface area contributed by atoms with Crippen molar-refractivity contribution in [1.29, 1.82) is 0 Å². The van der Waals surface area contributed by atoms with Crippen molar-refractivity contribution < 1.29 is 0 Å². The van der Waals surface area contributed by atoms with E-state index < -0.39 is 0 Å². The van der Waals surface area contributed by atoms with Crippen LogP contribution in [0.2, 0.25) is 5.02 Å². The first kappa shape index (κ1) is 29.8. The molecule has 0 amide bonds. The van der Waals surface area contributed by atoms with Crippen LogP contribution in [0.3, 0.4) is 0 Å². The third-order valence-corrected chi connectivity index (χ3v) is 6.98. The maximum atomic E-state index is 6.09. The summed E-state index contributed by atoms with van der Waals surface area (Å²) in [4.78, 5) is 11.3. The van der Waals surface area contributed by atoms with Crippen LogP contribution in [0.25, 0.3) is 0 Å². The highest BCUT2D eigenvalue weighted by Gasteiger charge is 2.07. The van der Waals surface area contributed by atoms with Gasteiger partial charge in [-0.25, -0.2) is 0 Å². The van der Waals surface area contributed by atoms with Gasteiger partial charge in [0.25, 0.3) is 0 Å². The minimum atomic E-state index is 0.785. The predicted octanol–water partition coefficient (Wildman–Crippen LogP) is 5.23. The molecule has 7 heteroatoms.